The number of Topliss-reactive ketones (excluding diaryl/α,β-unsaturated/α-hetero) is 1. The molecule has 2 nitrogen and oxygen atoms in total. The summed E-state index contributed by atoms with van der Waals surface area (Å²) in [6.45, 7) is 2.60. The number of aryl methyl sites for hydroxylation is 1. The number of carbonyl (C=O) groups is 1. The van der Waals surface area contributed by atoms with Crippen LogP contribution in [0.3, 0.4) is 0 Å². The first-order chi connectivity index (χ1) is 8.27. The van der Waals surface area contributed by atoms with Gasteiger partial charge in [0.15, 0.2) is 0 Å². The quantitative estimate of drug-likeness (QED) is 0.750. The Morgan fingerprint density at radius 2 is 2.00 bits per heavy atom. The van der Waals surface area contributed by atoms with Gasteiger partial charge < -0.3 is 5.73 Å². The Morgan fingerprint density at radius 1 is 1.29 bits per heavy atom. The molecule has 0 saturated carbocycles. The summed E-state index contributed by atoms with van der Waals surface area (Å²) in [4.78, 5) is 11.9. The molecular weight excluding hydrogens is 210 g/mol. The first kappa shape index (κ1) is 13.9. The van der Waals surface area contributed by atoms with Crippen molar-refractivity contribution in [3.05, 3.63) is 35.9 Å². The van der Waals surface area contributed by atoms with Crippen LogP contribution in [0.1, 0.15) is 38.2 Å². The van der Waals surface area contributed by atoms with E-state index in [0.717, 1.165) is 25.7 Å². The van der Waals surface area contributed by atoms with Crippen molar-refractivity contribution in [1.29, 1.82) is 0 Å². The van der Waals surface area contributed by atoms with Crippen LogP contribution in [0.25, 0.3) is 0 Å². The van der Waals surface area contributed by atoms with Crippen molar-refractivity contribution in [3.63, 3.8) is 0 Å². The first-order valence-electron chi connectivity index (χ1n) is 6.54. The Kier molecular flexibility index (Phi) is 6.56. The highest BCUT2D eigenvalue weighted by Crippen LogP contribution is 2.12. The molecule has 0 bridgehead atoms. The van der Waals surface area contributed by atoms with E-state index in [1.54, 1.807) is 0 Å². The van der Waals surface area contributed by atoms with Gasteiger partial charge in [-0.25, -0.2) is 0 Å². The molecule has 0 heterocycles. The number of carbonyl (C=O) groups excluding carboxylic acids is 1. The van der Waals surface area contributed by atoms with Crippen molar-refractivity contribution >= 4 is 5.78 Å². The maximum absolute atomic E-state index is 11.9. The highest BCUT2D eigenvalue weighted by atomic mass is 16.1. The zero-order chi connectivity index (χ0) is 12.5. The van der Waals surface area contributed by atoms with E-state index >= 15 is 0 Å². The molecule has 1 aromatic carbocycles. The van der Waals surface area contributed by atoms with Crippen molar-refractivity contribution in [1.82, 2.24) is 0 Å². The summed E-state index contributed by atoms with van der Waals surface area (Å²) in [6, 6.07) is 10.3. The van der Waals surface area contributed by atoms with Gasteiger partial charge in [-0.3, -0.25) is 4.79 Å². The second kappa shape index (κ2) is 8.02. The summed E-state index contributed by atoms with van der Waals surface area (Å²) < 4.78 is 0. The van der Waals surface area contributed by atoms with Crippen LogP contribution in [0.15, 0.2) is 30.3 Å². The van der Waals surface area contributed by atoms with E-state index in [2.05, 4.69) is 19.1 Å². The smallest absolute Gasteiger partial charge is 0.137 e. The SMILES string of the molecule is CCCC(CN)C(=O)CCCc1ccccc1. The fourth-order valence-electron chi connectivity index (χ4n) is 2.07. The second-order valence-electron chi connectivity index (χ2n) is 4.53. The maximum atomic E-state index is 11.9. The van der Waals surface area contributed by atoms with Crippen molar-refractivity contribution in [2.24, 2.45) is 11.7 Å². The summed E-state index contributed by atoms with van der Waals surface area (Å²) in [5.74, 6) is 0.418. The van der Waals surface area contributed by atoms with Gasteiger partial charge in [0.1, 0.15) is 5.78 Å². The van der Waals surface area contributed by atoms with Gasteiger partial charge in [-0.1, -0.05) is 43.7 Å². The Balaban J connectivity index is 2.28. The first-order valence-corrected chi connectivity index (χ1v) is 6.54. The lowest BCUT2D eigenvalue weighted by atomic mass is 9.94. The van der Waals surface area contributed by atoms with E-state index in [0.29, 0.717) is 18.7 Å². The molecule has 0 aromatic heterocycles. The summed E-state index contributed by atoms with van der Waals surface area (Å²) >= 11 is 0. The van der Waals surface area contributed by atoms with Crippen LogP contribution in [0, 0.1) is 5.92 Å². The lowest BCUT2D eigenvalue weighted by Gasteiger charge is -2.12. The summed E-state index contributed by atoms with van der Waals surface area (Å²) in [5, 5.41) is 0. The van der Waals surface area contributed by atoms with Gasteiger partial charge >= 0.3 is 0 Å². The van der Waals surface area contributed by atoms with E-state index in [4.69, 9.17) is 5.73 Å². The van der Waals surface area contributed by atoms with Crippen LogP contribution >= 0.6 is 0 Å². The molecule has 17 heavy (non-hydrogen) atoms. The second-order valence-corrected chi connectivity index (χ2v) is 4.53. The molecule has 0 aliphatic carbocycles. The number of benzene rings is 1. The Morgan fingerprint density at radius 3 is 2.59 bits per heavy atom. The normalized spacial score (nSPS) is 12.4. The molecule has 0 radical (unpaired) electrons. The fraction of sp³-hybridized carbons (Fsp3) is 0.533. The molecule has 0 aliphatic heterocycles. The predicted molar refractivity (Wildman–Crippen MR) is 71.8 cm³/mol. The molecule has 1 rings (SSSR count). The van der Waals surface area contributed by atoms with Crippen molar-refractivity contribution in [2.75, 3.05) is 6.54 Å². The molecule has 0 spiro atoms. The van der Waals surface area contributed by atoms with Gasteiger partial charge in [-0.05, 0) is 24.8 Å². The van der Waals surface area contributed by atoms with Gasteiger partial charge in [-0.15, -0.1) is 0 Å². The summed E-state index contributed by atoms with van der Waals surface area (Å²) in [7, 11) is 0. The molecule has 1 atom stereocenters. The molecule has 0 aliphatic rings. The van der Waals surface area contributed by atoms with Gasteiger partial charge in [0.25, 0.3) is 0 Å². The minimum Gasteiger partial charge on any atom is -0.330 e. The van der Waals surface area contributed by atoms with Crippen LogP contribution in [0.4, 0.5) is 0 Å². The van der Waals surface area contributed by atoms with E-state index in [1.165, 1.54) is 5.56 Å². The molecule has 2 heteroatoms. The monoisotopic (exact) mass is 233 g/mol. The minimum atomic E-state index is 0.0794. The predicted octanol–water partition coefficient (Wildman–Crippen LogP) is 2.95. The number of hydrogen-bond acceptors (Lipinski definition) is 2. The molecule has 0 amide bonds. The molecule has 1 unspecified atom stereocenters. The van der Waals surface area contributed by atoms with Crippen LogP contribution in [0.5, 0.6) is 0 Å². The number of rotatable bonds is 8. The minimum absolute atomic E-state index is 0.0794. The largest absolute Gasteiger partial charge is 0.330 e. The summed E-state index contributed by atoms with van der Waals surface area (Å²) in [6.07, 6.45) is 4.54. The van der Waals surface area contributed by atoms with Crippen molar-refractivity contribution in [2.45, 2.75) is 39.0 Å². The lowest BCUT2D eigenvalue weighted by Crippen LogP contribution is -2.23. The molecule has 2 N–H and O–H groups in total. The number of hydrogen-bond donors (Lipinski definition) is 1. The standard InChI is InChI=1S/C15H23NO/c1-2-7-14(12-16)15(17)11-6-10-13-8-4-3-5-9-13/h3-5,8-9,14H,2,6-7,10-12,16H2,1H3. The Labute approximate surface area is 104 Å². The zero-order valence-corrected chi connectivity index (χ0v) is 10.7. The third kappa shape index (κ3) is 5.14. The number of nitrogens with two attached hydrogens (primary N) is 1. The molecular formula is C15H23NO. The van der Waals surface area contributed by atoms with E-state index < -0.39 is 0 Å². The van der Waals surface area contributed by atoms with Gasteiger partial charge in [-0.2, -0.15) is 0 Å². The van der Waals surface area contributed by atoms with Gasteiger partial charge in [0, 0.05) is 18.9 Å². The van der Waals surface area contributed by atoms with Crippen molar-refractivity contribution in [3.8, 4) is 0 Å². The highest BCUT2D eigenvalue weighted by molar-refractivity contribution is 5.81. The molecule has 0 saturated heterocycles. The average molecular weight is 233 g/mol. The van der Waals surface area contributed by atoms with Crippen molar-refractivity contribution < 1.29 is 4.79 Å². The molecule has 94 valence electrons. The summed E-state index contributed by atoms with van der Waals surface area (Å²) in [5.41, 5.74) is 6.93. The zero-order valence-electron chi connectivity index (χ0n) is 10.7. The number of ketones is 1. The van der Waals surface area contributed by atoms with Crippen LogP contribution in [0.2, 0.25) is 0 Å². The maximum Gasteiger partial charge on any atom is 0.137 e. The Hall–Kier alpha value is -1.15. The van der Waals surface area contributed by atoms with E-state index in [-0.39, 0.29) is 5.92 Å². The third-order valence-corrected chi connectivity index (χ3v) is 3.11. The molecule has 0 fully saturated rings. The average Bonchev–Trinajstić information content (AvgIpc) is 2.37. The van der Waals surface area contributed by atoms with E-state index in [9.17, 15) is 4.79 Å². The van der Waals surface area contributed by atoms with Crippen LogP contribution in [-0.2, 0) is 11.2 Å². The lowest BCUT2D eigenvalue weighted by molar-refractivity contribution is -0.122. The van der Waals surface area contributed by atoms with Gasteiger partial charge in [0.2, 0.25) is 0 Å². The Bertz CT molecular complexity index is 321. The third-order valence-electron chi connectivity index (χ3n) is 3.11. The van der Waals surface area contributed by atoms with Crippen LogP contribution < -0.4 is 5.73 Å². The van der Waals surface area contributed by atoms with E-state index in [1.807, 2.05) is 18.2 Å². The topological polar surface area (TPSA) is 43.1 Å². The fourth-order valence-corrected chi connectivity index (χ4v) is 2.07. The van der Waals surface area contributed by atoms with Crippen LogP contribution in [-0.4, -0.2) is 12.3 Å². The van der Waals surface area contributed by atoms with Gasteiger partial charge in [0.05, 0.1) is 0 Å². The molecule has 1 aromatic rings. The highest BCUT2D eigenvalue weighted by Gasteiger charge is 2.14.